The third kappa shape index (κ3) is 9.02. The molecule has 0 aromatic carbocycles. The van der Waals surface area contributed by atoms with Crippen LogP contribution in [0.4, 0.5) is 0 Å². The van der Waals surface area contributed by atoms with E-state index in [1.54, 1.807) is 0 Å². The van der Waals surface area contributed by atoms with Crippen LogP contribution in [0.5, 0.6) is 0 Å². The van der Waals surface area contributed by atoms with Gasteiger partial charge in [-0.1, -0.05) is 39.0 Å². The molecule has 0 rings (SSSR count). The highest BCUT2D eigenvalue weighted by atomic mass is 16.5. The molecule has 0 aliphatic rings. The molecule has 0 radical (unpaired) electrons. The van der Waals surface area contributed by atoms with E-state index in [-0.39, 0.29) is 11.9 Å². The topological polar surface area (TPSA) is 63.6 Å². The standard InChI is InChI=1S/C14H26O4/c1-3-4-9-12(14(16)17)10-7-5-6-8-11-13(15)18-2/h12H,3-11H2,1-2H3,(H,16,17). The summed E-state index contributed by atoms with van der Waals surface area (Å²) in [7, 11) is 1.40. The van der Waals surface area contributed by atoms with Crippen LogP contribution in [0.3, 0.4) is 0 Å². The summed E-state index contributed by atoms with van der Waals surface area (Å²) >= 11 is 0. The Balaban J connectivity index is 3.55. The molecule has 0 saturated carbocycles. The van der Waals surface area contributed by atoms with Gasteiger partial charge in [0, 0.05) is 6.42 Å². The van der Waals surface area contributed by atoms with Gasteiger partial charge in [-0.3, -0.25) is 9.59 Å². The van der Waals surface area contributed by atoms with E-state index in [4.69, 9.17) is 5.11 Å². The Hall–Kier alpha value is -1.06. The average molecular weight is 258 g/mol. The molecule has 0 aromatic rings. The maximum Gasteiger partial charge on any atom is 0.306 e. The van der Waals surface area contributed by atoms with Crippen LogP contribution in [0.1, 0.15) is 64.7 Å². The molecule has 0 fully saturated rings. The number of rotatable bonds is 11. The molecule has 0 bridgehead atoms. The van der Waals surface area contributed by atoms with Gasteiger partial charge in [-0.05, 0) is 19.3 Å². The van der Waals surface area contributed by atoms with Crippen LogP contribution in [0.2, 0.25) is 0 Å². The number of carbonyl (C=O) groups is 2. The molecule has 1 unspecified atom stereocenters. The number of methoxy groups -OCH3 is 1. The van der Waals surface area contributed by atoms with Crippen LogP contribution >= 0.6 is 0 Å². The van der Waals surface area contributed by atoms with Gasteiger partial charge in [0.05, 0.1) is 13.0 Å². The van der Waals surface area contributed by atoms with E-state index in [2.05, 4.69) is 11.7 Å². The summed E-state index contributed by atoms with van der Waals surface area (Å²) in [5.74, 6) is -1.02. The number of esters is 1. The molecule has 106 valence electrons. The molecule has 4 heteroatoms. The van der Waals surface area contributed by atoms with Crippen molar-refractivity contribution in [2.75, 3.05) is 7.11 Å². The fourth-order valence-corrected chi connectivity index (χ4v) is 1.96. The fourth-order valence-electron chi connectivity index (χ4n) is 1.96. The van der Waals surface area contributed by atoms with E-state index in [1.165, 1.54) is 7.11 Å². The molecule has 1 N–H and O–H groups in total. The summed E-state index contributed by atoms with van der Waals surface area (Å²) in [5, 5.41) is 9.05. The van der Waals surface area contributed by atoms with Crippen LogP contribution in [0.15, 0.2) is 0 Å². The Morgan fingerprint density at radius 1 is 1.06 bits per heavy atom. The van der Waals surface area contributed by atoms with Gasteiger partial charge in [-0.25, -0.2) is 0 Å². The number of unbranched alkanes of at least 4 members (excludes halogenated alkanes) is 4. The monoisotopic (exact) mass is 258 g/mol. The van der Waals surface area contributed by atoms with Crippen molar-refractivity contribution in [1.82, 2.24) is 0 Å². The number of aliphatic carboxylic acids is 1. The van der Waals surface area contributed by atoms with E-state index < -0.39 is 5.97 Å². The number of hydrogen-bond acceptors (Lipinski definition) is 3. The van der Waals surface area contributed by atoms with Crippen molar-refractivity contribution < 1.29 is 19.4 Å². The van der Waals surface area contributed by atoms with E-state index in [0.717, 1.165) is 51.4 Å². The third-order valence-electron chi connectivity index (χ3n) is 3.17. The zero-order valence-corrected chi connectivity index (χ0v) is 11.6. The first-order valence-corrected chi connectivity index (χ1v) is 6.91. The predicted molar refractivity (Wildman–Crippen MR) is 70.4 cm³/mol. The van der Waals surface area contributed by atoms with E-state index in [0.29, 0.717) is 6.42 Å². The molecule has 18 heavy (non-hydrogen) atoms. The smallest absolute Gasteiger partial charge is 0.306 e. The lowest BCUT2D eigenvalue weighted by Gasteiger charge is -2.11. The molecular weight excluding hydrogens is 232 g/mol. The predicted octanol–water partition coefficient (Wildman–Crippen LogP) is 3.39. The molecule has 4 nitrogen and oxygen atoms in total. The van der Waals surface area contributed by atoms with E-state index in [9.17, 15) is 9.59 Å². The van der Waals surface area contributed by atoms with Gasteiger partial charge >= 0.3 is 11.9 Å². The number of carboxylic acids is 1. The van der Waals surface area contributed by atoms with Crippen LogP contribution in [-0.2, 0) is 14.3 Å². The van der Waals surface area contributed by atoms with Crippen molar-refractivity contribution >= 4 is 11.9 Å². The number of carboxylic acid groups (broad SMARTS) is 1. The number of ether oxygens (including phenoxy) is 1. The minimum atomic E-state index is -0.669. The van der Waals surface area contributed by atoms with Crippen LogP contribution in [0.25, 0.3) is 0 Å². The number of carbonyl (C=O) groups excluding carboxylic acids is 1. The van der Waals surface area contributed by atoms with Gasteiger partial charge in [0.2, 0.25) is 0 Å². The second-order valence-electron chi connectivity index (χ2n) is 4.71. The molecule has 0 spiro atoms. The Bertz CT molecular complexity index is 238. The molecule has 1 atom stereocenters. The highest BCUT2D eigenvalue weighted by Gasteiger charge is 2.15. The van der Waals surface area contributed by atoms with Gasteiger partial charge in [-0.2, -0.15) is 0 Å². The van der Waals surface area contributed by atoms with Gasteiger partial charge in [0.25, 0.3) is 0 Å². The van der Waals surface area contributed by atoms with Crippen LogP contribution in [0, 0.1) is 5.92 Å². The molecule has 0 saturated heterocycles. The van der Waals surface area contributed by atoms with Crippen molar-refractivity contribution in [3.63, 3.8) is 0 Å². The SMILES string of the molecule is CCCCC(CCCCCCC(=O)OC)C(=O)O. The highest BCUT2D eigenvalue weighted by Crippen LogP contribution is 2.17. The molecule has 0 heterocycles. The lowest BCUT2D eigenvalue weighted by atomic mass is 9.95. The molecule has 0 aliphatic carbocycles. The minimum Gasteiger partial charge on any atom is -0.481 e. The maximum absolute atomic E-state index is 11.0. The Kier molecular flexibility index (Phi) is 10.4. The van der Waals surface area contributed by atoms with Gasteiger partial charge in [0.1, 0.15) is 0 Å². The number of hydrogen-bond donors (Lipinski definition) is 1. The minimum absolute atomic E-state index is 0.165. The molecule has 0 aromatic heterocycles. The lowest BCUT2D eigenvalue weighted by Crippen LogP contribution is -2.13. The van der Waals surface area contributed by atoms with Crippen LogP contribution < -0.4 is 0 Å². The Morgan fingerprint density at radius 3 is 2.22 bits per heavy atom. The Labute approximate surface area is 110 Å². The lowest BCUT2D eigenvalue weighted by molar-refractivity contribution is -0.142. The summed E-state index contributed by atoms with van der Waals surface area (Å²) in [6.45, 7) is 2.08. The van der Waals surface area contributed by atoms with E-state index in [1.807, 2.05) is 0 Å². The Morgan fingerprint density at radius 2 is 1.67 bits per heavy atom. The van der Waals surface area contributed by atoms with Crippen molar-refractivity contribution in [2.24, 2.45) is 5.92 Å². The first-order chi connectivity index (χ1) is 8.61. The average Bonchev–Trinajstić information content (AvgIpc) is 2.36. The van der Waals surface area contributed by atoms with Crippen molar-refractivity contribution in [3.8, 4) is 0 Å². The summed E-state index contributed by atoms with van der Waals surface area (Å²) in [6, 6.07) is 0. The van der Waals surface area contributed by atoms with Crippen molar-refractivity contribution in [1.29, 1.82) is 0 Å². The first kappa shape index (κ1) is 16.9. The maximum atomic E-state index is 11.0. The largest absolute Gasteiger partial charge is 0.481 e. The molecular formula is C14H26O4. The zero-order chi connectivity index (χ0) is 13.8. The van der Waals surface area contributed by atoms with E-state index >= 15 is 0 Å². The van der Waals surface area contributed by atoms with Gasteiger partial charge in [0.15, 0.2) is 0 Å². The molecule has 0 aliphatic heterocycles. The molecule has 0 amide bonds. The van der Waals surface area contributed by atoms with Gasteiger partial charge in [-0.15, -0.1) is 0 Å². The summed E-state index contributed by atoms with van der Waals surface area (Å²) in [6.07, 6.45) is 7.77. The third-order valence-corrected chi connectivity index (χ3v) is 3.17. The van der Waals surface area contributed by atoms with Crippen molar-refractivity contribution in [2.45, 2.75) is 64.7 Å². The quantitative estimate of drug-likeness (QED) is 0.456. The zero-order valence-electron chi connectivity index (χ0n) is 11.6. The van der Waals surface area contributed by atoms with Crippen LogP contribution in [-0.4, -0.2) is 24.2 Å². The van der Waals surface area contributed by atoms with Gasteiger partial charge < -0.3 is 9.84 Å². The normalized spacial score (nSPS) is 12.1. The summed E-state index contributed by atoms with van der Waals surface area (Å²) < 4.78 is 4.55. The second-order valence-corrected chi connectivity index (χ2v) is 4.71. The first-order valence-electron chi connectivity index (χ1n) is 6.91. The highest BCUT2D eigenvalue weighted by molar-refractivity contribution is 5.69. The fraction of sp³-hybridized carbons (Fsp3) is 0.857. The summed E-state index contributed by atoms with van der Waals surface area (Å²) in [4.78, 5) is 21.9. The second kappa shape index (κ2) is 11.1. The van der Waals surface area contributed by atoms with Crippen molar-refractivity contribution in [3.05, 3.63) is 0 Å². The summed E-state index contributed by atoms with van der Waals surface area (Å²) in [5.41, 5.74) is 0.